The van der Waals surface area contributed by atoms with E-state index >= 15 is 0 Å². The summed E-state index contributed by atoms with van der Waals surface area (Å²) in [5.74, 6) is 0. The molecule has 0 bridgehead atoms. The standard InChI is InChI=1S/C7H13N3.C6H10N3.Y/c1-5(2)10-7(4)6(3)8-9-10;1-5(2)9-7-4-6(3)8-9;/h5H,1-4H3;5H,1-3H3;/q;-1;. The van der Waals surface area contributed by atoms with E-state index in [1.807, 2.05) is 39.3 Å². The molecule has 20 heavy (non-hydrogen) atoms. The van der Waals surface area contributed by atoms with Gasteiger partial charge < -0.3 is 11.3 Å². The number of hydrogen-bond donors (Lipinski definition) is 0. The average molecular weight is 352 g/mol. The van der Waals surface area contributed by atoms with Gasteiger partial charge in [-0.3, -0.25) is 0 Å². The Labute approximate surface area is 146 Å². The Morgan fingerprint density at radius 2 is 1.60 bits per heavy atom. The quantitative estimate of drug-likeness (QED) is 0.779. The van der Waals surface area contributed by atoms with Gasteiger partial charge in [-0.25, -0.2) is 9.48 Å². The summed E-state index contributed by atoms with van der Waals surface area (Å²) in [6.45, 7) is 14.2. The zero-order chi connectivity index (χ0) is 14.6. The van der Waals surface area contributed by atoms with Crippen LogP contribution >= 0.6 is 0 Å². The van der Waals surface area contributed by atoms with Crippen LogP contribution in [0.3, 0.4) is 0 Å². The van der Waals surface area contributed by atoms with Crippen molar-refractivity contribution < 1.29 is 32.7 Å². The van der Waals surface area contributed by atoms with E-state index in [-0.39, 0.29) is 32.7 Å². The Kier molecular flexibility index (Phi) is 8.36. The topological polar surface area (TPSA) is 61.4 Å². The third-order valence-electron chi connectivity index (χ3n) is 2.68. The second kappa shape index (κ2) is 8.62. The number of aryl methyl sites for hydroxylation is 2. The zero-order valence-corrected chi connectivity index (χ0v) is 16.3. The molecule has 2 heterocycles. The molecule has 0 saturated heterocycles. The van der Waals surface area contributed by atoms with Crippen molar-refractivity contribution in [1.29, 1.82) is 0 Å². The molecule has 0 spiro atoms. The molecular weight excluding hydrogens is 329 g/mol. The van der Waals surface area contributed by atoms with Gasteiger partial charge in [0.05, 0.1) is 17.4 Å². The molecule has 1 radical (unpaired) electrons. The van der Waals surface area contributed by atoms with E-state index < -0.39 is 0 Å². The monoisotopic (exact) mass is 352 g/mol. The van der Waals surface area contributed by atoms with Crippen LogP contribution in [0.25, 0.3) is 0 Å². The first-order valence-electron chi connectivity index (χ1n) is 6.52. The van der Waals surface area contributed by atoms with Gasteiger partial charge in [0.1, 0.15) is 0 Å². The Bertz CT molecular complexity index is 515. The van der Waals surface area contributed by atoms with Crippen molar-refractivity contribution in [1.82, 2.24) is 30.0 Å². The average Bonchev–Trinajstić information content (AvgIpc) is 2.88. The number of aromatic nitrogens is 6. The Morgan fingerprint density at radius 3 is 1.80 bits per heavy atom. The van der Waals surface area contributed by atoms with Crippen LogP contribution < -0.4 is 0 Å². The van der Waals surface area contributed by atoms with Crippen LogP contribution in [0.2, 0.25) is 0 Å². The van der Waals surface area contributed by atoms with Gasteiger partial charge in [-0.15, -0.1) is 10.8 Å². The maximum absolute atomic E-state index is 4.06. The molecule has 0 unspecified atom stereocenters. The van der Waals surface area contributed by atoms with Crippen molar-refractivity contribution in [2.24, 2.45) is 0 Å². The van der Waals surface area contributed by atoms with E-state index in [1.54, 1.807) is 4.80 Å². The van der Waals surface area contributed by atoms with E-state index in [9.17, 15) is 0 Å². The molecule has 0 N–H and O–H groups in total. The van der Waals surface area contributed by atoms with E-state index in [1.165, 1.54) is 0 Å². The van der Waals surface area contributed by atoms with Gasteiger partial charge in [-0.2, -0.15) is 5.10 Å². The molecule has 0 aliphatic rings. The molecule has 2 rings (SSSR count). The van der Waals surface area contributed by atoms with Crippen molar-refractivity contribution in [3.8, 4) is 0 Å². The van der Waals surface area contributed by atoms with E-state index in [0.717, 1.165) is 17.1 Å². The fourth-order valence-corrected chi connectivity index (χ4v) is 1.46. The zero-order valence-electron chi connectivity index (χ0n) is 13.4. The third kappa shape index (κ3) is 5.40. The van der Waals surface area contributed by atoms with Gasteiger partial charge in [0.15, 0.2) is 0 Å². The van der Waals surface area contributed by atoms with Crippen LogP contribution in [0.4, 0.5) is 0 Å². The normalized spacial score (nSPS) is 10.2. The van der Waals surface area contributed by atoms with Gasteiger partial charge in [0.25, 0.3) is 0 Å². The van der Waals surface area contributed by atoms with Crippen molar-refractivity contribution in [3.63, 3.8) is 0 Å². The Balaban J connectivity index is 0.000000345. The predicted molar refractivity (Wildman–Crippen MR) is 73.9 cm³/mol. The fourth-order valence-electron chi connectivity index (χ4n) is 1.46. The Morgan fingerprint density at radius 1 is 1.00 bits per heavy atom. The SMILES string of the molecule is Cc1[c-]nn(C(C)C)n1.Cc1nnn(C(C)C)c1C.[Y]. The molecule has 0 atom stereocenters. The summed E-state index contributed by atoms with van der Waals surface area (Å²) in [6.07, 6.45) is 2.75. The van der Waals surface area contributed by atoms with Crippen LogP contribution in [-0.2, 0) is 32.7 Å². The minimum atomic E-state index is 0. The molecule has 0 aliphatic carbocycles. The summed E-state index contributed by atoms with van der Waals surface area (Å²) in [5.41, 5.74) is 3.03. The first-order valence-corrected chi connectivity index (χ1v) is 6.52. The maximum Gasteiger partial charge on any atom is 0.0825 e. The molecule has 6 nitrogen and oxygen atoms in total. The predicted octanol–water partition coefficient (Wildman–Crippen LogP) is 2.44. The maximum atomic E-state index is 4.06. The number of hydrogen-bond acceptors (Lipinski definition) is 4. The first-order chi connectivity index (χ1) is 8.82. The molecule has 0 amide bonds. The molecule has 2 aromatic rings. The first kappa shape index (κ1) is 19.4. The number of nitrogens with zero attached hydrogens (tertiary/aromatic N) is 6. The minimum absolute atomic E-state index is 0. The van der Waals surface area contributed by atoms with Crippen molar-refractivity contribution >= 4 is 0 Å². The van der Waals surface area contributed by atoms with Gasteiger partial charge in [-0.05, 0) is 41.5 Å². The third-order valence-corrected chi connectivity index (χ3v) is 2.68. The molecule has 7 heteroatoms. The van der Waals surface area contributed by atoms with Crippen LogP contribution in [0.1, 0.15) is 56.9 Å². The van der Waals surface area contributed by atoms with Gasteiger partial charge >= 0.3 is 0 Å². The van der Waals surface area contributed by atoms with E-state index in [4.69, 9.17) is 0 Å². The summed E-state index contributed by atoms with van der Waals surface area (Å²) in [6, 6.07) is 0.760. The van der Waals surface area contributed by atoms with Crippen molar-refractivity contribution in [2.75, 3.05) is 0 Å². The van der Waals surface area contributed by atoms with Crippen LogP contribution in [-0.4, -0.2) is 30.0 Å². The molecule has 0 aliphatic heterocycles. The van der Waals surface area contributed by atoms with Gasteiger partial charge in [-0.1, -0.05) is 12.1 Å². The summed E-state index contributed by atoms with van der Waals surface area (Å²) in [4.78, 5) is 1.65. The summed E-state index contributed by atoms with van der Waals surface area (Å²) >= 11 is 0. The van der Waals surface area contributed by atoms with Crippen molar-refractivity contribution in [3.05, 3.63) is 23.3 Å². The smallest absolute Gasteiger partial charge is 0.0825 e. The fraction of sp³-hybridized carbons (Fsp3) is 0.692. The summed E-state index contributed by atoms with van der Waals surface area (Å²) in [7, 11) is 0. The number of rotatable bonds is 2. The molecule has 0 fully saturated rings. The minimum Gasteiger partial charge on any atom is -0.374 e. The van der Waals surface area contributed by atoms with Gasteiger partial charge in [0, 0.05) is 38.8 Å². The van der Waals surface area contributed by atoms with E-state index in [0.29, 0.717) is 12.1 Å². The second-order valence-corrected chi connectivity index (χ2v) is 5.11. The summed E-state index contributed by atoms with van der Waals surface area (Å²) in [5, 5.41) is 15.9. The van der Waals surface area contributed by atoms with Crippen LogP contribution in [0.15, 0.2) is 0 Å². The van der Waals surface area contributed by atoms with Crippen molar-refractivity contribution in [2.45, 2.75) is 60.5 Å². The molecule has 2 aromatic heterocycles. The van der Waals surface area contributed by atoms with Crippen LogP contribution in [0, 0.1) is 27.0 Å². The largest absolute Gasteiger partial charge is 0.374 e. The molecule has 0 aromatic carbocycles. The molecule has 109 valence electrons. The molecule has 0 saturated carbocycles. The van der Waals surface area contributed by atoms with Gasteiger partial charge in [0.2, 0.25) is 0 Å². The summed E-state index contributed by atoms with van der Waals surface area (Å²) < 4.78 is 1.93. The van der Waals surface area contributed by atoms with E-state index in [2.05, 4.69) is 40.6 Å². The molecular formula is C13H23N6Y-. The Hall–Kier alpha value is -0.616. The van der Waals surface area contributed by atoms with Crippen LogP contribution in [0.5, 0.6) is 0 Å². The second-order valence-electron chi connectivity index (χ2n) is 5.11.